The van der Waals surface area contributed by atoms with Crippen molar-refractivity contribution in [1.82, 2.24) is 20.8 Å². The Labute approximate surface area is 180 Å². The first-order valence-electron chi connectivity index (χ1n) is 9.67. The van der Waals surface area contributed by atoms with Crippen molar-refractivity contribution in [2.24, 2.45) is 4.99 Å². The summed E-state index contributed by atoms with van der Waals surface area (Å²) < 4.78 is 16.2. The molecule has 27 heavy (non-hydrogen) atoms. The van der Waals surface area contributed by atoms with Gasteiger partial charge in [0.1, 0.15) is 0 Å². The third-order valence-electron chi connectivity index (χ3n) is 3.50. The van der Waals surface area contributed by atoms with E-state index in [0.29, 0.717) is 45.2 Å². The van der Waals surface area contributed by atoms with Crippen LogP contribution in [-0.4, -0.2) is 62.2 Å². The van der Waals surface area contributed by atoms with E-state index in [1.807, 2.05) is 20.8 Å². The van der Waals surface area contributed by atoms with Gasteiger partial charge in [-0.2, -0.15) is 4.98 Å². The molecule has 0 saturated heterocycles. The normalized spacial score (nSPS) is 11.5. The predicted octanol–water partition coefficient (Wildman–Crippen LogP) is 2.74. The second kappa shape index (κ2) is 17.2. The lowest BCUT2D eigenvalue weighted by Crippen LogP contribution is -2.38. The molecule has 0 aliphatic carbocycles. The summed E-state index contributed by atoms with van der Waals surface area (Å²) in [5, 5.41) is 10.4. The number of unbranched alkanes of at least 4 members (excludes halogenated alkanes) is 1. The third kappa shape index (κ3) is 13.0. The highest BCUT2D eigenvalue weighted by Gasteiger charge is 2.09. The molecular formula is C18H36IN5O3. The van der Waals surface area contributed by atoms with Crippen molar-refractivity contribution in [2.45, 2.75) is 52.9 Å². The minimum Gasteiger partial charge on any atom is -0.379 e. The Morgan fingerprint density at radius 2 is 1.85 bits per heavy atom. The van der Waals surface area contributed by atoms with Gasteiger partial charge in [0.2, 0.25) is 5.89 Å². The van der Waals surface area contributed by atoms with E-state index in [1.165, 1.54) is 0 Å². The standard InChI is InChI=1S/C18H35N5O3.HI/c1-5-7-11-24-13-14-25-12-10-21-18(19-6-2)20-9-8-16-22-17(15(3)4)23-26-16;/h15H,5-14H2,1-4H3,(H2,19,20,21);1H. The maximum Gasteiger partial charge on any atom is 0.228 e. The van der Waals surface area contributed by atoms with E-state index in [1.54, 1.807) is 0 Å². The fraction of sp³-hybridized carbons (Fsp3) is 0.833. The molecule has 0 spiro atoms. The lowest BCUT2D eigenvalue weighted by atomic mass is 10.2. The summed E-state index contributed by atoms with van der Waals surface area (Å²) >= 11 is 0. The molecule has 0 fully saturated rings. The van der Waals surface area contributed by atoms with Crippen molar-refractivity contribution in [1.29, 1.82) is 0 Å². The van der Waals surface area contributed by atoms with Crippen LogP contribution in [0.15, 0.2) is 9.52 Å². The largest absolute Gasteiger partial charge is 0.379 e. The van der Waals surface area contributed by atoms with Gasteiger partial charge in [-0.3, -0.25) is 4.99 Å². The number of nitrogens with zero attached hydrogens (tertiary/aromatic N) is 3. The number of rotatable bonds is 14. The number of hydrogen-bond donors (Lipinski definition) is 2. The van der Waals surface area contributed by atoms with Gasteiger partial charge in [0.15, 0.2) is 11.8 Å². The highest BCUT2D eigenvalue weighted by atomic mass is 127. The fourth-order valence-corrected chi connectivity index (χ4v) is 2.02. The van der Waals surface area contributed by atoms with Crippen LogP contribution in [0.5, 0.6) is 0 Å². The summed E-state index contributed by atoms with van der Waals surface area (Å²) in [6.07, 6.45) is 2.92. The quantitative estimate of drug-likeness (QED) is 0.177. The molecule has 1 aromatic rings. The highest BCUT2D eigenvalue weighted by Crippen LogP contribution is 2.09. The Kier molecular flexibility index (Phi) is 16.6. The summed E-state index contributed by atoms with van der Waals surface area (Å²) in [6.45, 7) is 13.0. The molecule has 0 saturated carbocycles. The number of ether oxygens (including phenoxy) is 2. The van der Waals surface area contributed by atoms with Crippen LogP contribution in [0.2, 0.25) is 0 Å². The van der Waals surface area contributed by atoms with E-state index in [-0.39, 0.29) is 29.9 Å². The summed E-state index contributed by atoms with van der Waals surface area (Å²) in [6, 6.07) is 0. The average molecular weight is 497 g/mol. The molecule has 0 amide bonds. The number of hydrogen-bond acceptors (Lipinski definition) is 6. The highest BCUT2D eigenvalue weighted by molar-refractivity contribution is 14.0. The molecule has 0 aliphatic heterocycles. The molecule has 0 unspecified atom stereocenters. The van der Waals surface area contributed by atoms with Gasteiger partial charge < -0.3 is 24.6 Å². The molecule has 0 radical (unpaired) electrons. The monoisotopic (exact) mass is 497 g/mol. The van der Waals surface area contributed by atoms with Crippen molar-refractivity contribution in [3.63, 3.8) is 0 Å². The van der Waals surface area contributed by atoms with Crippen molar-refractivity contribution in [3.8, 4) is 0 Å². The Balaban J connectivity index is 0.00000676. The van der Waals surface area contributed by atoms with Crippen molar-refractivity contribution in [3.05, 3.63) is 11.7 Å². The van der Waals surface area contributed by atoms with Crippen LogP contribution in [0.3, 0.4) is 0 Å². The zero-order valence-electron chi connectivity index (χ0n) is 17.1. The Hall–Kier alpha value is -0.940. The van der Waals surface area contributed by atoms with Crippen molar-refractivity contribution < 1.29 is 14.0 Å². The number of guanidine groups is 1. The molecule has 9 heteroatoms. The minimum absolute atomic E-state index is 0. The number of nitrogens with one attached hydrogen (secondary N) is 2. The SMILES string of the molecule is CCCCOCCOCCN=C(NCC)NCCc1nc(C(C)C)no1.I. The summed E-state index contributed by atoms with van der Waals surface area (Å²) in [4.78, 5) is 8.85. The molecule has 0 bridgehead atoms. The topological polar surface area (TPSA) is 93.8 Å². The van der Waals surface area contributed by atoms with Crippen LogP contribution in [0.4, 0.5) is 0 Å². The molecule has 1 aromatic heterocycles. The van der Waals surface area contributed by atoms with Gasteiger partial charge in [-0.05, 0) is 13.3 Å². The van der Waals surface area contributed by atoms with Crippen LogP contribution >= 0.6 is 24.0 Å². The van der Waals surface area contributed by atoms with Gasteiger partial charge in [0.25, 0.3) is 0 Å². The lowest BCUT2D eigenvalue weighted by Gasteiger charge is -2.10. The first-order chi connectivity index (χ1) is 12.7. The number of aromatic nitrogens is 2. The van der Waals surface area contributed by atoms with Crippen molar-refractivity contribution >= 4 is 29.9 Å². The van der Waals surface area contributed by atoms with Crippen LogP contribution < -0.4 is 10.6 Å². The van der Waals surface area contributed by atoms with Crippen LogP contribution in [0.1, 0.15) is 58.2 Å². The van der Waals surface area contributed by atoms with Gasteiger partial charge in [-0.15, -0.1) is 24.0 Å². The van der Waals surface area contributed by atoms with Gasteiger partial charge in [0, 0.05) is 32.0 Å². The molecule has 1 heterocycles. The van der Waals surface area contributed by atoms with E-state index in [0.717, 1.165) is 37.8 Å². The van der Waals surface area contributed by atoms with Crippen LogP contribution in [-0.2, 0) is 15.9 Å². The molecule has 0 atom stereocenters. The Morgan fingerprint density at radius 3 is 2.48 bits per heavy atom. The van der Waals surface area contributed by atoms with Crippen LogP contribution in [0.25, 0.3) is 0 Å². The van der Waals surface area contributed by atoms with Gasteiger partial charge in [-0.25, -0.2) is 0 Å². The van der Waals surface area contributed by atoms with E-state index >= 15 is 0 Å². The predicted molar refractivity (Wildman–Crippen MR) is 118 cm³/mol. The van der Waals surface area contributed by atoms with Gasteiger partial charge in [0.05, 0.1) is 26.4 Å². The maximum atomic E-state index is 5.52. The maximum absolute atomic E-state index is 5.52. The minimum atomic E-state index is 0. The van der Waals surface area contributed by atoms with E-state index in [4.69, 9.17) is 14.0 Å². The zero-order valence-corrected chi connectivity index (χ0v) is 19.5. The fourth-order valence-electron chi connectivity index (χ4n) is 2.02. The van der Waals surface area contributed by atoms with Gasteiger partial charge in [-0.1, -0.05) is 32.3 Å². The number of halogens is 1. The summed E-state index contributed by atoms with van der Waals surface area (Å²) in [7, 11) is 0. The first kappa shape index (κ1) is 26.1. The molecule has 158 valence electrons. The Bertz CT molecular complexity index is 497. The third-order valence-corrected chi connectivity index (χ3v) is 3.50. The van der Waals surface area contributed by atoms with E-state index in [2.05, 4.69) is 32.7 Å². The van der Waals surface area contributed by atoms with E-state index in [9.17, 15) is 0 Å². The molecule has 2 N–H and O–H groups in total. The molecule has 0 aromatic carbocycles. The van der Waals surface area contributed by atoms with Crippen molar-refractivity contribution in [2.75, 3.05) is 46.1 Å². The van der Waals surface area contributed by atoms with Crippen LogP contribution in [0, 0.1) is 0 Å². The first-order valence-corrected chi connectivity index (χ1v) is 9.67. The molecule has 0 aliphatic rings. The summed E-state index contributed by atoms with van der Waals surface area (Å²) in [5.41, 5.74) is 0. The lowest BCUT2D eigenvalue weighted by molar-refractivity contribution is 0.0497. The molecule has 8 nitrogen and oxygen atoms in total. The second-order valence-electron chi connectivity index (χ2n) is 6.22. The smallest absolute Gasteiger partial charge is 0.228 e. The average Bonchev–Trinajstić information content (AvgIpc) is 3.09. The zero-order chi connectivity index (χ0) is 19.0. The number of aliphatic imine (C=N–C) groups is 1. The van der Waals surface area contributed by atoms with Gasteiger partial charge >= 0.3 is 0 Å². The Morgan fingerprint density at radius 1 is 1.11 bits per heavy atom. The molecular weight excluding hydrogens is 461 g/mol. The second-order valence-corrected chi connectivity index (χ2v) is 6.22. The van der Waals surface area contributed by atoms with E-state index < -0.39 is 0 Å². The molecule has 1 rings (SSSR count). The summed E-state index contributed by atoms with van der Waals surface area (Å²) in [5.74, 6) is 2.43.